The van der Waals surface area contributed by atoms with E-state index in [0.29, 0.717) is 0 Å². The number of rotatable bonds is 0. The zero-order valence-corrected chi connectivity index (χ0v) is 10.5. The van der Waals surface area contributed by atoms with Gasteiger partial charge in [0, 0.05) is 30.6 Å². The maximum Gasteiger partial charge on any atom is 0.133 e. The van der Waals surface area contributed by atoms with Gasteiger partial charge in [-0.25, -0.2) is 0 Å². The minimum Gasteiger partial charge on any atom is -0.384 e. The molecule has 0 aliphatic carbocycles. The molecule has 0 amide bonds. The lowest BCUT2D eigenvalue weighted by molar-refractivity contribution is 0.340. The molecule has 92 valence electrons. The van der Waals surface area contributed by atoms with Crippen LogP contribution < -0.4 is 5.32 Å². The van der Waals surface area contributed by atoms with Crippen molar-refractivity contribution < 1.29 is 0 Å². The van der Waals surface area contributed by atoms with Crippen LogP contribution in [0, 0.1) is 6.92 Å². The van der Waals surface area contributed by atoms with Crippen molar-refractivity contribution in [1.82, 2.24) is 14.8 Å². The van der Waals surface area contributed by atoms with Crippen LogP contribution >= 0.6 is 0 Å². The Labute approximate surface area is 106 Å². The van der Waals surface area contributed by atoms with Crippen LogP contribution in [0.25, 0.3) is 0 Å². The summed E-state index contributed by atoms with van der Waals surface area (Å²) in [4.78, 5) is 0. The quantitative estimate of drug-likeness (QED) is 0.764. The van der Waals surface area contributed by atoms with E-state index in [2.05, 4.69) is 44.3 Å². The van der Waals surface area contributed by atoms with E-state index in [0.717, 1.165) is 31.2 Å². The highest BCUT2D eigenvalue weighted by molar-refractivity contribution is 5.60. The summed E-state index contributed by atoms with van der Waals surface area (Å²) >= 11 is 0. The highest BCUT2D eigenvalue weighted by Crippen LogP contribution is 2.43. The number of aryl methyl sites for hydroxylation is 1. The predicted molar refractivity (Wildman–Crippen MR) is 69.7 cm³/mol. The number of hydrogen-bond donors (Lipinski definition) is 1. The van der Waals surface area contributed by atoms with Crippen molar-refractivity contribution in [2.75, 3.05) is 11.9 Å². The van der Waals surface area contributed by atoms with E-state index in [4.69, 9.17) is 0 Å². The van der Waals surface area contributed by atoms with E-state index < -0.39 is 0 Å². The number of hydrogen-bond acceptors (Lipinski definition) is 3. The van der Waals surface area contributed by atoms with Crippen molar-refractivity contribution in [2.45, 2.75) is 31.7 Å². The minimum absolute atomic E-state index is 0.228. The molecule has 2 aromatic rings. The number of anilines is 1. The third-order valence-corrected chi connectivity index (χ3v) is 4.44. The van der Waals surface area contributed by atoms with Crippen LogP contribution in [-0.4, -0.2) is 21.3 Å². The van der Waals surface area contributed by atoms with Gasteiger partial charge in [0.25, 0.3) is 0 Å². The van der Waals surface area contributed by atoms with Crippen LogP contribution in [0.1, 0.15) is 23.6 Å². The summed E-state index contributed by atoms with van der Waals surface area (Å²) in [5, 5.41) is 12.1. The zero-order valence-electron chi connectivity index (χ0n) is 10.5. The normalized spacial score (nSPS) is 24.7. The largest absolute Gasteiger partial charge is 0.384 e. The molecule has 4 heteroatoms. The first-order valence-corrected chi connectivity index (χ1v) is 6.51. The van der Waals surface area contributed by atoms with E-state index in [1.54, 1.807) is 0 Å². The van der Waals surface area contributed by atoms with Crippen LogP contribution in [0.2, 0.25) is 0 Å². The molecule has 2 aliphatic rings. The standard InChI is InChI=1S/C14H16N4/c1-10-16-17-13-8-14(6-7-18(10)13)9-15-12-5-3-2-4-11(12)14/h2-5,15H,6-9H2,1H3. The lowest BCUT2D eigenvalue weighted by Gasteiger charge is -2.33. The van der Waals surface area contributed by atoms with Crippen molar-refractivity contribution in [3.63, 3.8) is 0 Å². The molecule has 2 aliphatic heterocycles. The van der Waals surface area contributed by atoms with E-state index in [-0.39, 0.29) is 5.41 Å². The number of nitrogens with zero attached hydrogens (tertiary/aromatic N) is 3. The molecule has 0 fully saturated rings. The average Bonchev–Trinajstić information content (AvgIpc) is 2.94. The van der Waals surface area contributed by atoms with Crippen molar-refractivity contribution >= 4 is 5.69 Å². The molecule has 0 bridgehead atoms. The zero-order chi connectivity index (χ0) is 12.2. The van der Waals surface area contributed by atoms with Gasteiger partial charge in [-0.1, -0.05) is 18.2 Å². The van der Waals surface area contributed by atoms with Gasteiger partial charge in [-0.05, 0) is 25.0 Å². The summed E-state index contributed by atoms with van der Waals surface area (Å²) in [5.41, 5.74) is 2.98. The van der Waals surface area contributed by atoms with Crippen molar-refractivity contribution in [3.05, 3.63) is 41.5 Å². The maximum atomic E-state index is 4.33. The molecule has 1 atom stereocenters. The predicted octanol–water partition coefficient (Wildman–Crippen LogP) is 1.90. The molecule has 1 aromatic heterocycles. The van der Waals surface area contributed by atoms with Gasteiger partial charge in [0.2, 0.25) is 0 Å². The second-order valence-electron chi connectivity index (χ2n) is 5.42. The molecule has 1 N–H and O–H groups in total. The van der Waals surface area contributed by atoms with E-state index in [9.17, 15) is 0 Å². The lowest BCUT2D eigenvalue weighted by Crippen LogP contribution is -2.37. The van der Waals surface area contributed by atoms with Crippen LogP contribution in [-0.2, 0) is 18.4 Å². The molecule has 1 unspecified atom stereocenters. The van der Waals surface area contributed by atoms with Gasteiger partial charge < -0.3 is 9.88 Å². The van der Waals surface area contributed by atoms with Gasteiger partial charge in [-0.15, -0.1) is 10.2 Å². The van der Waals surface area contributed by atoms with E-state index in [1.165, 1.54) is 17.7 Å². The fourth-order valence-corrected chi connectivity index (χ4v) is 3.40. The van der Waals surface area contributed by atoms with Gasteiger partial charge in [0.05, 0.1) is 0 Å². The molecule has 0 saturated carbocycles. The fraction of sp³-hybridized carbons (Fsp3) is 0.429. The molecule has 18 heavy (non-hydrogen) atoms. The first kappa shape index (κ1) is 10.1. The smallest absolute Gasteiger partial charge is 0.133 e. The Morgan fingerprint density at radius 1 is 1.28 bits per heavy atom. The average molecular weight is 240 g/mol. The first-order valence-electron chi connectivity index (χ1n) is 6.51. The van der Waals surface area contributed by atoms with Crippen LogP contribution in [0.3, 0.4) is 0 Å². The Bertz CT molecular complexity index is 616. The number of nitrogens with one attached hydrogen (secondary N) is 1. The highest BCUT2D eigenvalue weighted by Gasteiger charge is 2.42. The Balaban J connectivity index is 1.80. The minimum atomic E-state index is 0.228. The molecule has 1 spiro atoms. The second-order valence-corrected chi connectivity index (χ2v) is 5.42. The lowest BCUT2D eigenvalue weighted by atomic mass is 9.74. The first-order chi connectivity index (χ1) is 8.78. The number of benzene rings is 1. The number of fused-ring (bicyclic) bond motifs is 3. The Morgan fingerprint density at radius 2 is 2.17 bits per heavy atom. The molecule has 0 saturated heterocycles. The fourth-order valence-electron chi connectivity index (χ4n) is 3.40. The van der Waals surface area contributed by atoms with Gasteiger partial charge in [-0.3, -0.25) is 0 Å². The molecule has 4 rings (SSSR count). The van der Waals surface area contributed by atoms with Gasteiger partial charge in [0.15, 0.2) is 0 Å². The third-order valence-electron chi connectivity index (χ3n) is 4.44. The van der Waals surface area contributed by atoms with Gasteiger partial charge >= 0.3 is 0 Å². The summed E-state index contributed by atoms with van der Waals surface area (Å²) in [5.74, 6) is 2.18. The van der Waals surface area contributed by atoms with E-state index >= 15 is 0 Å². The third kappa shape index (κ3) is 1.20. The summed E-state index contributed by atoms with van der Waals surface area (Å²) in [6, 6.07) is 8.67. The summed E-state index contributed by atoms with van der Waals surface area (Å²) in [6.45, 7) is 4.10. The molecule has 4 nitrogen and oxygen atoms in total. The topological polar surface area (TPSA) is 42.7 Å². The summed E-state index contributed by atoms with van der Waals surface area (Å²) in [6.07, 6.45) is 2.17. The Kier molecular flexibility index (Phi) is 1.88. The van der Waals surface area contributed by atoms with Gasteiger partial charge in [-0.2, -0.15) is 0 Å². The van der Waals surface area contributed by atoms with Crippen LogP contribution in [0.5, 0.6) is 0 Å². The van der Waals surface area contributed by atoms with Crippen LogP contribution in [0.15, 0.2) is 24.3 Å². The van der Waals surface area contributed by atoms with Crippen molar-refractivity contribution in [2.24, 2.45) is 0 Å². The molecular weight excluding hydrogens is 224 g/mol. The summed E-state index contributed by atoms with van der Waals surface area (Å²) in [7, 11) is 0. The maximum absolute atomic E-state index is 4.33. The Morgan fingerprint density at radius 3 is 3.11 bits per heavy atom. The van der Waals surface area contributed by atoms with Crippen LogP contribution in [0.4, 0.5) is 5.69 Å². The molecule has 1 aromatic carbocycles. The van der Waals surface area contributed by atoms with Gasteiger partial charge in [0.1, 0.15) is 11.6 Å². The molecule has 0 radical (unpaired) electrons. The highest BCUT2D eigenvalue weighted by atomic mass is 15.3. The monoisotopic (exact) mass is 240 g/mol. The molecule has 3 heterocycles. The summed E-state index contributed by atoms with van der Waals surface area (Å²) < 4.78 is 2.26. The second kappa shape index (κ2) is 3.34. The van der Waals surface area contributed by atoms with Crippen molar-refractivity contribution in [3.8, 4) is 0 Å². The SMILES string of the molecule is Cc1nnc2n1CCC1(CNc3ccccc31)C2. The number of para-hydroxylation sites is 1. The Hall–Kier alpha value is -1.84. The van der Waals surface area contributed by atoms with Crippen molar-refractivity contribution in [1.29, 1.82) is 0 Å². The number of aromatic nitrogens is 3. The molecular formula is C14H16N4. The van der Waals surface area contributed by atoms with E-state index in [1.807, 2.05) is 6.92 Å².